The third-order valence-electron chi connectivity index (χ3n) is 2.93. The molecule has 0 spiro atoms. The highest BCUT2D eigenvalue weighted by Gasteiger charge is 2.39. The van der Waals surface area contributed by atoms with Crippen LogP contribution in [0.2, 0.25) is 0 Å². The first kappa shape index (κ1) is 14.5. The fraction of sp³-hybridized carbons (Fsp3) is 0.462. The molecule has 1 heterocycles. The molecule has 1 saturated heterocycles. The molecule has 1 aliphatic heterocycles. The van der Waals surface area contributed by atoms with Crippen molar-refractivity contribution in [2.45, 2.75) is 23.7 Å². The van der Waals surface area contributed by atoms with E-state index in [0.717, 1.165) is 11.8 Å². The number of aliphatic hydroxyl groups excluding tert-OH is 2. The molecule has 0 aromatic heterocycles. The molecule has 5 nitrogen and oxygen atoms in total. The van der Waals surface area contributed by atoms with Crippen LogP contribution in [0.4, 0.5) is 0 Å². The molecule has 0 saturated carbocycles. The molecule has 104 valence electrons. The zero-order chi connectivity index (χ0) is 13.8. The second-order valence-corrected chi connectivity index (χ2v) is 5.44. The van der Waals surface area contributed by atoms with Crippen molar-refractivity contribution < 1.29 is 24.5 Å². The van der Waals surface area contributed by atoms with Gasteiger partial charge in [0.05, 0.1) is 18.0 Å². The first-order valence-corrected chi connectivity index (χ1v) is 6.78. The number of carbonyl (C=O) groups is 1. The van der Waals surface area contributed by atoms with Crippen LogP contribution in [-0.4, -0.2) is 52.8 Å². The van der Waals surface area contributed by atoms with Gasteiger partial charge in [-0.2, -0.15) is 0 Å². The minimum absolute atomic E-state index is 0.153. The molecule has 0 aliphatic carbocycles. The first-order chi connectivity index (χ1) is 9.13. The van der Waals surface area contributed by atoms with E-state index in [9.17, 15) is 15.0 Å². The highest BCUT2D eigenvalue weighted by molar-refractivity contribution is 8.14. The number of rotatable bonds is 3. The molecular formula is C13H16O5S. The van der Waals surface area contributed by atoms with Crippen LogP contribution >= 0.6 is 11.8 Å². The maximum absolute atomic E-state index is 12.0. The summed E-state index contributed by atoms with van der Waals surface area (Å²) >= 11 is 0.969. The van der Waals surface area contributed by atoms with Gasteiger partial charge in [-0.15, -0.1) is 0 Å². The van der Waals surface area contributed by atoms with E-state index in [2.05, 4.69) is 0 Å². The number of benzene rings is 1. The molecule has 1 aromatic carbocycles. The van der Waals surface area contributed by atoms with Gasteiger partial charge in [-0.1, -0.05) is 42.1 Å². The van der Waals surface area contributed by atoms with E-state index >= 15 is 0 Å². The molecule has 1 fully saturated rings. The zero-order valence-electron chi connectivity index (χ0n) is 10.4. The molecule has 0 amide bonds. The van der Waals surface area contributed by atoms with Crippen molar-refractivity contribution in [3.63, 3.8) is 0 Å². The van der Waals surface area contributed by atoms with Crippen LogP contribution in [0.1, 0.15) is 10.4 Å². The van der Waals surface area contributed by atoms with Gasteiger partial charge in [-0.05, 0) is 0 Å². The molecule has 4 unspecified atom stereocenters. The summed E-state index contributed by atoms with van der Waals surface area (Å²) in [4.78, 5) is 12.0. The third kappa shape index (κ3) is 3.34. The minimum atomic E-state index is -1.15. The van der Waals surface area contributed by atoms with Gasteiger partial charge in [0.25, 0.3) is 0 Å². The molecule has 2 rings (SSSR count). The van der Waals surface area contributed by atoms with Crippen LogP contribution in [0.5, 0.6) is 0 Å². The first-order valence-electron chi connectivity index (χ1n) is 5.90. The Morgan fingerprint density at radius 1 is 1.32 bits per heavy atom. The Bertz CT molecular complexity index is 424. The molecule has 0 bridgehead atoms. The number of hydrogen-bond acceptors (Lipinski definition) is 6. The van der Waals surface area contributed by atoms with Crippen molar-refractivity contribution in [3.8, 4) is 0 Å². The molecule has 0 radical (unpaired) electrons. The summed E-state index contributed by atoms with van der Waals surface area (Å²) in [5, 5.41) is 19.1. The molecule has 1 aliphatic rings. The number of ether oxygens (including phenoxy) is 2. The van der Waals surface area contributed by atoms with E-state index in [1.165, 1.54) is 7.11 Å². The van der Waals surface area contributed by atoms with E-state index in [4.69, 9.17) is 9.47 Å². The maximum Gasteiger partial charge on any atom is 0.219 e. The standard InChI is InChI=1S/C13H16O5S/c1-17-13-11(15)10(14)9(7-18-13)19-12(16)8-5-3-2-4-6-8/h2-6,9-11,13-15H,7H2,1H3. The van der Waals surface area contributed by atoms with Gasteiger partial charge < -0.3 is 19.7 Å². The van der Waals surface area contributed by atoms with Gasteiger partial charge in [-0.25, -0.2) is 0 Å². The Morgan fingerprint density at radius 3 is 2.63 bits per heavy atom. The summed E-state index contributed by atoms with van der Waals surface area (Å²) in [5.41, 5.74) is 0.558. The van der Waals surface area contributed by atoms with Gasteiger partial charge in [0.2, 0.25) is 5.12 Å². The second-order valence-electron chi connectivity index (χ2n) is 4.23. The van der Waals surface area contributed by atoms with Crippen LogP contribution in [-0.2, 0) is 9.47 Å². The third-order valence-corrected chi connectivity index (χ3v) is 4.10. The Balaban J connectivity index is 1.98. The lowest BCUT2D eigenvalue weighted by Gasteiger charge is -2.35. The van der Waals surface area contributed by atoms with E-state index in [0.29, 0.717) is 5.56 Å². The summed E-state index contributed by atoms with van der Waals surface area (Å²) < 4.78 is 10.1. The number of thioether (sulfide) groups is 1. The smallest absolute Gasteiger partial charge is 0.219 e. The Kier molecular flexibility index (Phi) is 4.95. The lowest BCUT2D eigenvalue weighted by atomic mass is 10.1. The quantitative estimate of drug-likeness (QED) is 0.849. The molecular weight excluding hydrogens is 268 g/mol. The van der Waals surface area contributed by atoms with Crippen LogP contribution in [0.15, 0.2) is 30.3 Å². The minimum Gasteiger partial charge on any atom is -0.389 e. The fourth-order valence-electron chi connectivity index (χ4n) is 1.86. The van der Waals surface area contributed by atoms with Gasteiger partial charge in [0.1, 0.15) is 6.10 Å². The average Bonchev–Trinajstić information content (AvgIpc) is 2.45. The largest absolute Gasteiger partial charge is 0.389 e. The van der Waals surface area contributed by atoms with Crippen LogP contribution < -0.4 is 0 Å². The van der Waals surface area contributed by atoms with Crippen molar-refractivity contribution in [2.24, 2.45) is 0 Å². The van der Waals surface area contributed by atoms with E-state index in [1.54, 1.807) is 24.3 Å². The van der Waals surface area contributed by atoms with Crippen LogP contribution in [0, 0.1) is 0 Å². The topological polar surface area (TPSA) is 76.0 Å². The van der Waals surface area contributed by atoms with Crippen molar-refractivity contribution in [1.29, 1.82) is 0 Å². The number of hydrogen-bond donors (Lipinski definition) is 2. The molecule has 2 N–H and O–H groups in total. The Labute approximate surface area is 115 Å². The predicted molar refractivity (Wildman–Crippen MR) is 70.9 cm³/mol. The van der Waals surface area contributed by atoms with Gasteiger partial charge in [-0.3, -0.25) is 4.79 Å². The van der Waals surface area contributed by atoms with Crippen molar-refractivity contribution in [3.05, 3.63) is 35.9 Å². The Hall–Kier alpha value is -0.920. The summed E-state index contributed by atoms with van der Waals surface area (Å²) in [7, 11) is 1.39. The van der Waals surface area contributed by atoms with Gasteiger partial charge >= 0.3 is 0 Å². The highest BCUT2D eigenvalue weighted by Crippen LogP contribution is 2.27. The molecule has 6 heteroatoms. The summed E-state index contributed by atoms with van der Waals surface area (Å²) in [6, 6.07) is 8.79. The monoisotopic (exact) mass is 284 g/mol. The summed E-state index contributed by atoms with van der Waals surface area (Å²) in [5.74, 6) is 0. The summed E-state index contributed by atoms with van der Waals surface area (Å²) in [6.45, 7) is 0.153. The molecule has 19 heavy (non-hydrogen) atoms. The number of aliphatic hydroxyl groups is 2. The number of carbonyl (C=O) groups excluding carboxylic acids is 1. The van der Waals surface area contributed by atoms with Crippen LogP contribution in [0.3, 0.4) is 0 Å². The van der Waals surface area contributed by atoms with E-state index in [-0.39, 0.29) is 11.7 Å². The van der Waals surface area contributed by atoms with Crippen molar-refractivity contribution >= 4 is 16.9 Å². The zero-order valence-corrected chi connectivity index (χ0v) is 11.2. The highest BCUT2D eigenvalue weighted by atomic mass is 32.2. The predicted octanol–water partition coefficient (Wildman–Crippen LogP) is 0.653. The SMILES string of the molecule is COC1OCC(SC(=O)c2ccccc2)C(O)C1O. The van der Waals surface area contributed by atoms with Crippen LogP contribution in [0.25, 0.3) is 0 Å². The molecule has 1 aromatic rings. The fourth-order valence-corrected chi connectivity index (χ4v) is 2.85. The molecule has 4 atom stereocenters. The average molecular weight is 284 g/mol. The van der Waals surface area contributed by atoms with Crippen molar-refractivity contribution in [1.82, 2.24) is 0 Å². The maximum atomic E-state index is 12.0. The Morgan fingerprint density at radius 2 is 2.00 bits per heavy atom. The number of methoxy groups -OCH3 is 1. The normalized spacial score (nSPS) is 31.1. The van der Waals surface area contributed by atoms with E-state index < -0.39 is 23.7 Å². The second kappa shape index (κ2) is 6.49. The summed E-state index contributed by atoms with van der Waals surface area (Å²) in [6.07, 6.45) is -3.06. The van der Waals surface area contributed by atoms with Gasteiger partial charge in [0, 0.05) is 12.7 Å². The van der Waals surface area contributed by atoms with Gasteiger partial charge in [0.15, 0.2) is 6.29 Å². The van der Waals surface area contributed by atoms with E-state index in [1.807, 2.05) is 6.07 Å². The lowest BCUT2D eigenvalue weighted by molar-refractivity contribution is -0.229. The van der Waals surface area contributed by atoms with Crippen molar-refractivity contribution in [2.75, 3.05) is 13.7 Å². The lowest BCUT2D eigenvalue weighted by Crippen LogP contribution is -2.52.